The van der Waals surface area contributed by atoms with Gasteiger partial charge in [-0.3, -0.25) is 4.90 Å². The molecule has 3 heteroatoms. The van der Waals surface area contributed by atoms with Crippen LogP contribution in [-0.2, 0) is 11.3 Å². The van der Waals surface area contributed by atoms with E-state index in [1.165, 1.54) is 50.8 Å². The number of nitrogens with zero attached hydrogens (tertiary/aromatic N) is 1. The molecule has 2 fully saturated rings. The second-order valence-corrected chi connectivity index (χ2v) is 6.46. The topological polar surface area (TPSA) is 24.5 Å². The predicted molar refractivity (Wildman–Crippen MR) is 86.3 cm³/mol. The van der Waals surface area contributed by atoms with Crippen molar-refractivity contribution in [1.82, 2.24) is 10.2 Å². The Balaban J connectivity index is 1.42. The number of rotatable bonds is 5. The standard InChI is InChI=1S/C18H28N2O/c1-2-7-16(8-3-1)14-20-11-6-9-17(15-20)19-13-18-10-4-5-12-21-18/h1-3,7-8,17-19H,4-6,9-15H2. The Kier molecular flexibility index (Phi) is 5.67. The largest absolute Gasteiger partial charge is 0.377 e. The summed E-state index contributed by atoms with van der Waals surface area (Å²) in [6, 6.07) is 11.5. The van der Waals surface area contributed by atoms with Crippen LogP contribution in [0.2, 0.25) is 0 Å². The number of hydrogen-bond donors (Lipinski definition) is 1. The molecule has 0 aliphatic carbocycles. The van der Waals surface area contributed by atoms with Crippen molar-refractivity contribution in [3.63, 3.8) is 0 Å². The van der Waals surface area contributed by atoms with Gasteiger partial charge in [0, 0.05) is 32.3 Å². The molecule has 0 aromatic heterocycles. The average molecular weight is 288 g/mol. The van der Waals surface area contributed by atoms with E-state index in [0.29, 0.717) is 12.1 Å². The number of hydrogen-bond acceptors (Lipinski definition) is 3. The Hall–Kier alpha value is -0.900. The lowest BCUT2D eigenvalue weighted by molar-refractivity contribution is 0.0134. The molecule has 3 rings (SSSR count). The molecule has 0 spiro atoms. The van der Waals surface area contributed by atoms with Crippen molar-refractivity contribution in [2.45, 2.75) is 50.8 Å². The maximum Gasteiger partial charge on any atom is 0.0699 e. The second-order valence-electron chi connectivity index (χ2n) is 6.46. The first-order valence-corrected chi connectivity index (χ1v) is 8.51. The number of likely N-dealkylation sites (tertiary alicyclic amines) is 1. The summed E-state index contributed by atoms with van der Waals surface area (Å²) in [5.41, 5.74) is 1.42. The Morgan fingerprint density at radius 3 is 2.81 bits per heavy atom. The number of piperidine rings is 1. The summed E-state index contributed by atoms with van der Waals surface area (Å²) in [5.74, 6) is 0. The van der Waals surface area contributed by atoms with Gasteiger partial charge in [-0.2, -0.15) is 0 Å². The molecule has 0 bridgehead atoms. The lowest BCUT2D eigenvalue weighted by Crippen LogP contribution is -2.47. The van der Waals surface area contributed by atoms with Gasteiger partial charge in [-0.05, 0) is 44.2 Å². The van der Waals surface area contributed by atoms with Crippen LogP contribution in [0.3, 0.4) is 0 Å². The van der Waals surface area contributed by atoms with Gasteiger partial charge in [0.2, 0.25) is 0 Å². The van der Waals surface area contributed by atoms with Gasteiger partial charge in [-0.1, -0.05) is 30.3 Å². The van der Waals surface area contributed by atoms with Crippen LogP contribution >= 0.6 is 0 Å². The van der Waals surface area contributed by atoms with E-state index >= 15 is 0 Å². The second kappa shape index (κ2) is 7.92. The maximum atomic E-state index is 5.82. The molecule has 2 aliphatic rings. The van der Waals surface area contributed by atoms with Gasteiger partial charge in [0.05, 0.1) is 6.10 Å². The van der Waals surface area contributed by atoms with Crippen molar-refractivity contribution < 1.29 is 4.74 Å². The highest BCUT2D eigenvalue weighted by molar-refractivity contribution is 5.14. The molecule has 3 nitrogen and oxygen atoms in total. The third-order valence-electron chi connectivity index (χ3n) is 4.66. The van der Waals surface area contributed by atoms with Crippen molar-refractivity contribution >= 4 is 0 Å². The SMILES string of the molecule is c1ccc(CN2CCCC(NCC3CCCCO3)C2)cc1. The van der Waals surface area contributed by atoms with E-state index in [1.54, 1.807) is 0 Å². The molecule has 2 unspecified atom stereocenters. The Morgan fingerprint density at radius 2 is 2.00 bits per heavy atom. The molecule has 1 N–H and O–H groups in total. The van der Waals surface area contributed by atoms with Crippen LogP contribution in [0.1, 0.15) is 37.7 Å². The molecular weight excluding hydrogens is 260 g/mol. The lowest BCUT2D eigenvalue weighted by Gasteiger charge is -2.34. The van der Waals surface area contributed by atoms with Crippen LogP contribution in [0, 0.1) is 0 Å². The smallest absolute Gasteiger partial charge is 0.0699 e. The van der Waals surface area contributed by atoms with Crippen LogP contribution in [0.25, 0.3) is 0 Å². The highest BCUT2D eigenvalue weighted by atomic mass is 16.5. The van der Waals surface area contributed by atoms with E-state index in [9.17, 15) is 0 Å². The molecule has 0 radical (unpaired) electrons. The Bertz CT molecular complexity index is 403. The van der Waals surface area contributed by atoms with Crippen molar-refractivity contribution in [2.75, 3.05) is 26.2 Å². The third kappa shape index (κ3) is 4.80. The van der Waals surface area contributed by atoms with Crippen molar-refractivity contribution in [2.24, 2.45) is 0 Å². The van der Waals surface area contributed by atoms with E-state index in [-0.39, 0.29) is 0 Å². The lowest BCUT2D eigenvalue weighted by atomic mass is 10.0. The van der Waals surface area contributed by atoms with Crippen LogP contribution < -0.4 is 5.32 Å². The van der Waals surface area contributed by atoms with Gasteiger partial charge in [-0.15, -0.1) is 0 Å². The zero-order valence-electron chi connectivity index (χ0n) is 13.0. The fourth-order valence-electron chi connectivity index (χ4n) is 3.47. The third-order valence-corrected chi connectivity index (χ3v) is 4.66. The predicted octanol–water partition coefficient (Wildman–Crippen LogP) is 2.81. The zero-order chi connectivity index (χ0) is 14.3. The summed E-state index contributed by atoms with van der Waals surface area (Å²) in [4.78, 5) is 2.58. The minimum absolute atomic E-state index is 0.447. The number of ether oxygens (including phenoxy) is 1. The number of benzene rings is 1. The van der Waals surface area contributed by atoms with Gasteiger partial charge >= 0.3 is 0 Å². The fourth-order valence-corrected chi connectivity index (χ4v) is 3.47. The molecule has 1 aromatic rings. The van der Waals surface area contributed by atoms with Crippen LogP contribution in [0.15, 0.2) is 30.3 Å². The normalized spacial score (nSPS) is 27.6. The van der Waals surface area contributed by atoms with Gasteiger partial charge in [0.25, 0.3) is 0 Å². The van der Waals surface area contributed by atoms with Crippen LogP contribution in [0.5, 0.6) is 0 Å². The molecule has 0 amide bonds. The first-order chi connectivity index (χ1) is 10.4. The zero-order valence-corrected chi connectivity index (χ0v) is 13.0. The summed E-state index contributed by atoms with van der Waals surface area (Å²) < 4.78 is 5.82. The minimum atomic E-state index is 0.447. The van der Waals surface area contributed by atoms with E-state index < -0.39 is 0 Å². The van der Waals surface area contributed by atoms with Gasteiger partial charge in [0.1, 0.15) is 0 Å². The summed E-state index contributed by atoms with van der Waals surface area (Å²) in [5, 5.41) is 3.74. The number of nitrogens with one attached hydrogen (secondary N) is 1. The average Bonchev–Trinajstić information content (AvgIpc) is 2.55. The molecular formula is C18H28N2O. The molecule has 116 valence electrons. The quantitative estimate of drug-likeness (QED) is 0.901. The molecule has 1 aromatic carbocycles. The van der Waals surface area contributed by atoms with E-state index in [4.69, 9.17) is 4.74 Å². The fraction of sp³-hybridized carbons (Fsp3) is 0.667. The van der Waals surface area contributed by atoms with Crippen LogP contribution in [0.4, 0.5) is 0 Å². The summed E-state index contributed by atoms with van der Waals surface area (Å²) in [6.07, 6.45) is 6.85. The first kappa shape index (κ1) is 15.0. The van der Waals surface area contributed by atoms with E-state index in [2.05, 4.69) is 40.5 Å². The maximum absolute atomic E-state index is 5.82. The van der Waals surface area contributed by atoms with Gasteiger partial charge < -0.3 is 10.1 Å². The van der Waals surface area contributed by atoms with Gasteiger partial charge in [0.15, 0.2) is 0 Å². The minimum Gasteiger partial charge on any atom is -0.377 e. The molecule has 2 heterocycles. The van der Waals surface area contributed by atoms with Gasteiger partial charge in [-0.25, -0.2) is 0 Å². The molecule has 21 heavy (non-hydrogen) atoms. The Labute approximate surface area is 128 Å². The van der Waals surface area contributed by atoms with E-state index in [0.717, 1.165) is 19.7 Å². The summed E-state index contributed by atoms with van der Waals surface area (Å²) >= 11 is 0. The molecule has 2 aliphatic heterocycles. The molecule has 2 saturated heterocycles. The Morgan fingerprint density at radius 1 is 1.10 bits per heavy atom. The first-order valence-electron chi connectivity index (χ1n) is 8.51. The highest BCUT2D eigenvalue weighted by Gasteiger charge is 2.21. The van der Waals surface area contributed by atoms with Crippen molar-refractivity contribution in [3.8, 4) is 0 Å². The summed E-state index contributed by atoms with van der Waals surface area (Å²) in [7, 11) is 0. The monoisotopic (exact) mass is 288 g/mol. The van der Waals surface area contributed by atoms with Crippen molar-refractivity contribution in [1.29, 1.82) is 0 Å². The molecule has 2 atom stereocenters. The summed E-state index contributed by atoms with van der Waals surface area (Å²) in [6.45, 7) is 5.47. The van der Waals surface area contributed by atoms with Crippen LogP contribution in [-0.4, -0.2) is 43.3 Å². The van der Waals surface area contributed by atoms with Crippen molar-refractivity contribution in [3.05, 3.63) is 35.9 Å². The van der Waals surface area contributed by atoms with E-state index in [1.807, 2.05) is 0 Å². The molecule has 0 saturated carbocycles. The highest BCUT2D eigenvalue weighted by Crippen LogP contribution is 2.15.